The van der Waals surface area contributed by atoms with Crippen molar-refractivity contribution in [1.29, 1.82) is 0 Å². The Labute approximate surface area is 127 Å². The van der Waals surface area contributed by atoms with Crippen LogP contribution >= 0.6 is 11.6 Å². The first-order valence-corrected chi connectivity index (χ1v) is 7.12. The van der Waals surface area contributed by atoms with Gasteiger partial charge in [0.2, 0.25) is 6.79 Å². The van der Waals surface area contributed by atoms with E-state index < -0.39 is 11.9 Å². The van der Waals surface area contributed by atoms with Crippen molar-refractivity contribution in [2.24, 2.45) is 5.92 Å². The summed E-state index contributed by atoms with van der Waals surface area (Å²) in [6, 6.07) is 3.59. The van der Waals surface area contributed by atoms with Crippen molar-refractivity contribution in [2.45, 2.75) is 6.54 Å². The summed E-state index contributed by atoms with van der Waals surface area (Å²) in [5.41, 5.74) is 0.895. The lowest BCUT2D eigenvalue weighted by Crippen LogP contribution is -2.33. The van der Waals surface area contributed by atoms with Crippen LogP contribution in [-0.4, -0.2) is 49.1 Å². The third-order valence-corrected chi connectivity index (χ3v) is 3.99. The van der Waals surface area contributed by atoms with Crippen LogP contribution in [-0.2, 0) is 16.1 Å². The zero-order valence-electron chi connectivity index (χ0n) is 11.4. The maximum Gasteiger partial charge on any atom is 0.310 e. The summed E-state index contributed by atoms with van der Waals surface area (Å²) in [7, 11) is 0. The third kappa shape index (κ3) is 3.23. The summed E-state index contributed by atoms with van der Waals surface area (Å²) in [5, 5.41) is 9.75. The van der Waals surface area contributed by atoms with E-state index in [1.165, 1.54) is 0 Å². The predicted molar refractivity (Wildman–Crippen MR) is 74.8 cm³/mol. The Morgan fingerprint density at radius 3 is 2.90 bits per heavy atom. The molecule has 0 spiro atoms. The van der Waals surface area contributed by atoms with Gasteiger partial charge in [-0.05, 0) is 11.6 Å². The second-order valence-electron chi connectivity index (χ2n) is 5.14. The van der Waals surface area contributed by atoms with Gasteiger partial charge in [-0.1, -0.05) is 11.6 Å². The number of ether oxygens (including phenoxy) is 3. The van der Waals surface area contributed by atoms with Gasteiger partial charge >= 0.3 is 5.97 Å². The Bertz CT molecular complexity index is 550. The molecule has 1 atom stereocenters. The lowest BCUT2D eigenvalue weighted by molar-refractivity contribution is -0.143. The average molecular weight is 314 g/mol. The van der Waals surface area contributed by atoms with Crippen LogP contribution < -0.4 is 9.47 Å². The lowest BCUT2D eigenvalue weighted by Gasteiger charge is -2.22. The van der Waals surface area contributed by atoms with Crippen molar-refractivity contribution < 1.29 is 24.1 Å². The third-order valence-electron chi connectivity index (χ3n) is 3.63. The Hall–Kier alpha value is -1.50. The predicted octanol–water partition coefficient (Wildman–Crippen LogP) is 1.60. The molecular formula is C14H16ClNO5. The van der Waals surface area contributed by atoms with Crippen LogP contribution in [0.15, 0.2) is 12.1 Å². The molecule has 21 heavy (non-hydrogen) atoms. The average Bonchev–Trinajstić information content (AvgIpc) is 2.75. The summed E-state index contributed by atoms with van der Waals surface area (Å²) >= 11 is 6.26. The number of rotatable bonds is 3. The normalized spacial score (nSPS) is 22.0. The van der Waals surface area contributed by atoms with Gasteiger partial charge in [0, 0.05) is 30.7 Å². The van der Waals surface area contributed by atoms with Gasteiger partial charge in [0.25, 0.3) is 0 Å². The molecule has 1 fully saturated rings. The zero-order valence-corrected chi connectivity index (χ0v) is 12.1. The van der Waals surface area contributed by atoms with E-state index in [-0.39, 0.29) is 13.4 Å². The molecule has 1 saturated heterocycles. The van der Waals surface area contributed by atoms with E-state index in [2.05, 4.69) is 0 Å². The van der Waals surface area contributed by atoms with Crippen LogP contribution in [0.5, 0.6) is 11.5 Å². The van der Waals surface area contributed by atoms with Crippen LogP contribution in [0.3, 0.4) is 0 Å². The fourth-order valence-electron chi connectivity index (χ4n) is 2.49. The number of benzene rings is 1. The molecule has 6 nitrogen and oxygen atoms in total. The SMILES string of the molecule is O=C(O)C1COCCN(Cc2cc3c(cc2Cl)OCO3)C1. The Morgan fingerprint density at radius 2 is 2.14 bits per heavy atom. The molecule has 1 N–H and O–H groups in total. The summed E-state index contributed by atoms with van der Waals surface area (Å²) in [5.74, 6) is -0.0272. The Kier molecular flexibility index (Phi) is 4.19. The number of hydrogen-bond donors (Lipinski definition) is 1. The molecule has 0 radical (unpaired) electrons. The number of aliphatic carboxylic acids is 1. The van der Waals surface area contributed by atoms with Crippen molar-refractivity contribution in [3.05, 3.63) is 22.7 Å². The summed E-state index contributed by atoms with van der Waals surface area (Å²) in [6.45, 7) is 2.65. The number of carboxylic acids is 1. The molecule has 2 heterocycles. The highest BCUT2D eigenvalue weighted by atomic mass is 35.5. The molecule has 1 unspecified atom stereocenters. The molecule has 0 saturated carbocycles. The van der Waals surface area contributed by atoms with E-state index >= 15 is 0 Å². The first-order valence-electron chi connectivity index (χ1n) is 6.74. The highest BCUT2D eigenvalue weighted by Gasteiger charge is 2.25. The molecule has 0 aliphatic carbocycles. The number of nitrogens with zero attached hydrogens (tertiary/aromatic N) is 1. The minimum atomic E-state index is -0.835. The smallest absolute Gasteiger partial charge is 0.310 e. The van der Waals surface area contributed by atoms with E-state index in [0.29, 0.717) is 42.8 Å². The van der Waals surface area contributed by atoms with Crippen molar-refractivity contribution in [2.75, 3.05) is 33.1 Å². The standard InChI is InChI=1S/C14H16ClNO5/c15-11-4-13-12(20-8-21-13)3-9(11)5-16-1-2-19-7-10(6-16)14(17)18/h3-4,10H,1-2,5-8H2,(H,17,18). The van der Waals surface area contributed by atoms with Gasteiger partial charge in [0.1, 0.15) is 0 Å². The molecule has 3 rings (SSSR count). The maximum atomic E-state index is 11.2. The van der Waals surface area contributed by atoms with Gasteiger partial charge in [-0.3, -0.25) is 9.69 Å². The Morgan fingerprint density at radius 1 is 1.38 bits per heavy atom. The van der Waals surface area contributed by atoms with E-state index in [4.69, 9.17) is 30.9 Å². The van der Waals surface area contributed by atoms with Gasteiger partial charge in [-0.15, -0.1) is 0 Å². The van der Waals surface area contributed by atoms with Crippen LogP contribution in [0.2, 0.25) is 5.02 Å². The Balaban J connectivity index is 1.74. The van der Waals surface area contributed by atoms with Gasteiger partial charge < -0.3 is 19.3 Å². The van der Waals surface area contributed by atoms with Gasteiger partial charge in [0.15, 0.2) is 11.5 Å². The van der Waals surface area contributed by atoms with Gasteiger partial charge in [0.05, 0.1) is 19.1 Å². The minimum Gasteiger partial charge on any atom is -0.481 e. The monoisotopic (exact) mass is 313 g/mol. The first-order chi connectivity index (χ1) is 10.1. The molecule has 114 valence electrons. The fourth-order valence-corrected chi connectivity index (χ4v) is 2.70. The number of fused-ring (bicyclic) bond motifs is 1. The second-order valence-corrected chi connectivity index (χ2v) is 5.55. The second kappa shape index (κ2) is 6.09. The summed E-state index contributed by atoms with van der Waals surface area (Å²) in [6.07, 6.45) is 0. The van der Waals surface area contributed by atoms with Gasteiger partial charge in [-0.2, -0.15) is 0 Å². The highest BCUT2D eigenvalue weighted by molar-refractivity contribution is 6.31. The molecule has 1 aromatic rings. The largest absolute Gasteiger partial charge is 0.481 e. The van der Waals surface area contributed by atoms with Crippen LogP contribution in [0.1, 0.15) is 5.56 Å². The lowest BCUT2D eigenvalue weighted by atomic mass is 10.1. The van der Waals surface area contributed by atoms with Crippen molar-refractivity contribution in [3.8, 4) is 11.5 Å². The minimum absolute atomic E-state index is 0.202. The molecule has 0 amide bonds. The molecule has 2 aliphatic heterocycles. The van der Waals surface area contributed by atoms with Crippen molar-refractivity contribution in [3.63, 3.8) is 0 Å². The number of carbonyl (C=O) groups is 1. The molecule has 7 heteroatoms. The summed E-state index contributed by atoms with van der Waals surface area (Å²) < 4.78 is 16.0. The molecule has 0 bridgehead atoms. The van der Waals surface area contributed by atoms with Crippen LogP contribution in [0.4, 0.5) is 0 Å². The fraction of sp³-hybridized carbons (Fsp3) is 0.500. The molecule has 2 aliphatic rings. The molecule has 0 aromatic heterocycles. The number of hydrogen-bond acceptors (Lipinski definition) is 5. The molecule has 1 aromatic carbocycles. The molecular weight excluding hydrogens is 298 g/mol. The van der Waals surface area contributed by atoms with E-state index in [1.807, 2.05) is 11.0 Å². The van der Waals surface area contributed by atoms with Crippen molar-refractivity contribution in [1.82, 2.24) is 4.90 Å². The van der Waals surface area contributed by atoms with Gasteiger partial charge in [-0.25, -0.2) is 0 Å². The number of halogens is 1. The maximum absolute atomic E-state index is 11.2. The summed E-state index contributed by atoms with van der Waals surface area (Å²) in [4.78, 5) is 13.2. The quantitative estimate of drug-likeness (QED) is 0.914. The van der Waals surface area contributed by atoms with Crippen molar-refractivity contribution >= 4 is 17.6 Å². The zero-order chi connectivity index (χ0) is 14.8. The van der Waals surface area contributed by atoms with Crippen LogP contribution in [0, 0.1) is 5.92 Å². The highest BCUT2D eigenvalue weighted by Crippen LogP contribution is 2.37. The number of carboxylic acid groups (broad SMARTS) is 1. The van der Waals surface area contributed by atoms with Crippen LogP contribution in [0.25, 0.3) is 0 Å². The topological polar surface area (TPSA) is 68.2 Å². The van der Waals surface area contributed by atoms with E-state index in [9.17, 15) is 4.79 Å². The van der Waals surface area contributed by atoms with E-state index in [0.717, 1.165) is 5.56 Å². The van der Waals surface area contributed by atoms with E-state index in [1.54, 1.807) is 6.07 Å². The first kappa shape index (κ1) is 14.4.